The largest absolute Gasteiger partial charge is 0.444 e. The maximum atomic E-state index is 12.0. The van der Waals surface area contributed by atoms with Gasteiger partial charge in [-0.1, -0.05) is 0 Å². The van der Waals surface area contributed by atoms with E-state index in [2.05, 4.69) is 37.5 Å². The van der Waals surface area contributed by atoms with Crippen molar-refractivity contribution in [1.29, 1.82) is 0 Å². The first kappa shape index (κ1) is 16.3. The van der Waals surface area contributed by atoms with Crippen LogP contribution in [0.4, 0.5) is 10.6 Å². The van der Waals surface area contributed by atoms with Crippen molar-refractivity contribution < 1.29 is 9.53 Å². The molecule has 0 aliphatic carbocycles. The molecule has 6 nitrogen and oxygen atoms in total. The highest BCUT2D eigenvalue weighted by Gasteiger charge is 2.26. The summed E-state index contributed by atoms with van der Waals surface area (Å²) in [7, 11) is 0. The Labute approximate surface area is 139 Å². The molecule has 0 radical (unpaired) electrons. The van der Waals surface area contributed by atoms with Crippen LogP contribution < -0.4 is 4.90 Å². The summed E-state index contributed by atoms with van der Waals surface area (Å²) in [6, 6.07) is 1.97. The normalized spacial score (nSPS) is 16.0. The highest BCUT2D eigenvalue weighted by molar-refractivity contribution is 14.1. The maximum absolute atomic E-state index is 12.0. The molecular formula is C14H21IN4O2. The third kappa shape index (κ3) is 4.69. The second-order valence-corrected chi connectivity index (χ2v) is 7.16. The number of aryl methyl sites for hydroxylation is 1. The molecule has 0 bridgehead atoms. The van der Waals surface area contributed by atoms with Gasteiger partial charge in [-0.3, -0.25) is 0 Å². The molecule has 0 atom stereocenters. The Hall–Kier alpha value is -1.12. The highest BCUT2D eigenvalue weighted by atomic mass is 127. The molecule has 1 fully saturated rings. The van der Waals surface area contributed by atoms with E-state index in [9.17, 15) is 4.79 Å². The first-order valence-corrected chi connectivity index (χ1v) is 8.06. The maximum Gasteiger partial charge on any atom is 0.410 e. The second-order valence-electron chi connectivity index (χ2n) is 6.05. The number of carbonyl (C=O) groups excluding carboxylic acids is 1. The molecule has 1 amide bonds. The number of halogens is 1. The van der Waals surface area contributed by atoms with Gasteiger partial charge < -0.3 is 14.5 Å². The molecule has 2 heterocycles. The monoisotopic (exact) mass is 404 g/mol. The molecule has 0 spiro atoms. The van der Waals surface area contributed by atoms with Crippen LogP contribution in [0.1, 0.15) is 26.6 Å². The summed E-state index contributed by atoms with van der Waals surface area (Å²) < 4.78 is 6.33. The van der Waals surface area contributed by atoms with Gasteiger partial charge in [-0.15, -0.1) is 0 Å². The number of hydrogen-bond donors (Lipinski definition) is 0. The van der Waals surface area contributed by atoms with Crippen molar-refractivity contribution in [2.45, 2.75) is 33.3 Å². The first-order chi connectivity index (χ1) is 9.74. The Morgan fingerprint density at radius 2 is 1.86 bits per heavy atom. The molecule has 1 aromatic heterocycles. The van der Waals surface area contributed by atoms with Gasteiger partial charge in [-0.25, -0.2) is 14.8 Å². The number of carbonyl (C=O) groups is 1. The number of amides is 1. The Balaban J connectivity index is 1.95. The van der Waals surface area contributed by atoms with E-state index in [0.717, 1.165) is 28.4 Å². The van der Waals surface area contributed by atoms with Crippen LogP contribution in [0, 0.1) is 10.6 Å². The first-order valence-electron chi connectivity index (χ1n) is 6.99. The number of piperazine rings is 1. The predicted octanol–water partition coefficient (Wildman–Crippen LogP) is 2.45. The van der Waals surface area contributed by atoms with Gasteiger partial charge in [0.1, 0.15) is 20.9 Å². The summed E-state index contributed by atoms with van der Waals surface area (Å²) in [6.07, 6.45) is -0.240. The minimum Gasteiger partial charge on any atom is -0.444 e. The van der Waals surface area contributed by atoms with Crippen molar-refractivity contribution in [3.63, 3.8) is 0 Å². The van der Waals surface area contributed by atoms with Crippen molar-refractivity contribution in [3.05, 3.63) is 15.6 Å². The van der Waals surface area contributed by atoms with Gasteiger partial charge in [-0.05, 0) is 50.3 Å². The molecule has 21 heavy (non-hydrogen) atoms. The fourth-order valence-corrected chi connectivity index (χ4v) is 2.75. The molecule has 1 saturated heterocycles. The molecule has 1 aliphatic rings. The molecular weight excluding hydrogens is 383 g/mol. The predicted molar refractivity (Wildman–Crippen MR) is 89.5 cm³/mol. The molecule has 0 N–H and O–H groups in total. The van der Waals surface area contributed by atoms with E-state index in [1.807, 2.05) is 33.8 Å². The zero-order valence-electron chi connectivity index (χ0n) is 12.9. The van der Waals surface area contributed by atoms with Crippen LogP contribution >= 0.6 is 22.6 Å². The lowest BCUT2D eigenvalue weighted by molar-refractivity contribution is 0.0240. The van der Waals surface area contributed by atoms with Crippen LogP contribution in [0.3, 0.4) is 0 Å². The quantitative estimate of drug-likeness (QED) is 0.532. The molecule has 0 aromatic carbocycles. The molecule has 1 aromatic rings. The van der Waals surface area contributed by atoms with Crippen LogP contribution in [0.15, 0.2) is 6.07 Å². The number of anilines is 1. The lowest BCUT2D eigenvalue weighted by Gasteiger charge is -2.36. The smallest absolute Gasteiger partial charge is 0.410 e. The number of nitrogens with zero attached hydrogens (tertiary/aromatic N) is 4. The Bertz CT molecular complexity index is 502. The van der Waals surface area contributed by atoms with Gasteiger partial charge >= 0.3 is 6.09 Å². The molecule has 116 valence electrons. The summed E-state index contributed by atoms with van der Waals surface area (Å²) >= 11 is 2.19. The number of rotatable bonds is 1. The van der Waals surface area contributed by atoms with Crippen molar-refractivity contribution in [1.82, 2.24) is 14.9 Å². The lowest BCUT2D eigenvalue weighted by atomic mass is 10.2. The minimum absolute atomic E-state index is 0.240. The van der Waals surface area contributed by atoms with E-state index in [0.29, 0.717) is 13.1 Å². The zero-order valence-corrected chi connectivity index (χ0v) is 15.0. The fraction of sp³-hybridized carbons (Fsp3) is 0.643. The van der Waals surface area contributed by atoms with Crippen molar-refractivity contribution >= 4 is 34.5 Å². The van der Waals surface area contributed by atoms with Crippen LogP contribution in [0.2, 0.25) is 0 Å². The van der Waals surface area contributed by atoms with Crippen LogP contribution in [-0.2, 0) is 4.74 Å². The molecule has 0 saturated carbocycles. The molecule has 2 rings (SSSR count). The third-order valence-corrected chi connectivity index (χ3v) is 3.60. The van der Waals surface area contributed by atoms with Gasteiger partial charge in [0, 0.05) is 32.2 Å². The number of aromatic nitrogens is 2. The van der Waals surface area contributed by atoms with E-state index in [4.69, 9.17) is 4.74 Å². The molecule has 0 unspecified atom stereocenters. The van der Waals surface area contributed by atoms with Gasteiger partial charge in [0.05, 0.1) is 0 Å². The second kappa shape index (κ2) is 6.33. The Morgan fingerprint density at radius 3 is 2.38 bits per heavy atom. The third-order valence-electron chi connectivity index (χ3n) is 3.05. The van der Waals surface area contributed by atoms with Crippen molar-refractivity contribution in [2.75, 3.05) is 31.1 Å². The van der Waals surface area contributed by atoms with Crippen LogP contribution in [-0.4, -0.2) is 52.7 Å². The summed E-state index contributed by atoms with van der Waals surface area (Å²) in [6.45, 7) is 10.3. The average Bonchev–Trinajstić information content (AvgIpc) is 2.35. The van der Waals surface area contributed by atoms with Gasteiger partial charge in [-0.2, -0.15) is 0 Å². The lowest BCUT2D eigenvalue weighted by Crippen LogP contribution is -2.50. The van der Waals surface area contributed by atoms with E-state index in [1.54, 1.807) is 4.90 Å². The SMILES string of the molecule is Cc1nc(I)cc(N2CCN(C(=O)OC(C)(C)C)CC2)n1. The van der Waals surface area contributed by atoms with E-state index in [1.165, 1.54) is 0 Å². The molecule has 7 heteroatoms. The van der Waals surface area contributed by atoms with Gasteiger partial charge in [0.15, 0.2) is 0 Å². The number of hydrogen-bond acceptors (Lipinski definition) is 5. The van der Waals surface area contributed by atoms with Gasteiger partial charge in [0.2, 0.25) is 0 Å². The topological polar surface area (TPSA) is 58.6 Å². The Morgan fingerprint density at radius 1 is 1.24 bits per heavy atom. The van der Waals surface area contributed by atoms with Gasteiger partial charge in [0.25, 0.3) is 0 Å². The number of ether oxygens (including phenoxy) is 1. The van der Waals surface area contributed by atoms with E-state index < -0.39 is 5.60 Å². The van der Waals surface area contributed by atoms with E-state index >= 15 is 0 Å². The van der Waals surface area contributed by atoms with Crippen LogP contribution in [0.5, 0.6) is 0 Å². The van der Waals surface area contributed by atoms with E-state index in [-0.39, 0.29) is 6.09 Å². The summed E-state index contributed by atoms with van der Waals surface area (Å²) in [5.74, 6) is 1.70. The Kier molecular flexibility index (Phi) is 4.90. The summed E-state index contributed by atoms with van der Waals surface area (Å²) in [5, 5.41) is 0. The highest BCUT2D eigenvalue weighted by Crippen LogP contribution is 2.17. The van der Waals surface area contributed by atoms with Crippen LogP contribution in [0.25, 0.3) is 0 Å². The van der Waals surface area contributed by atoms with Crippen molar-refractivity contribution in [3.8, 4) is 0 Å². The molecule has 1 aliphatic heterocycles. The summed E-state index contributed by atoms with van der Waals surface area (Å²) in [4.78, 5) is 24.7. The zero-order chi connectivity index (χ0) is 15.6. The fourth-order valence-electron chi connectivity index (χ4n) is 2.12. The van der Waals surface area contributed by atoms with Crippen molar-refractivity contribution in [2.24, 2.45) is 0 Å². The minimum atomic E-state index is -0.450. The summed E-state index contributed by atoms with van der Waals surface area (Å²) in [5.41, 5.74) is -0.450. The average molecular weight is 404 g/mol. The standard InChI is InChI=1S/C14H21IN4O2/c1-10-16-11(15)9-12(17-10)18-5-7-19(8-6-18)13(20)21-14(2,3)4/h9H,5-8H2,1-4H3.